The number of amides is 3. The van der Waals surface area contributed by atoms with Crippen LogP contribution in [0.4, 0.5) is 10.5 Å². The number of fused-ring (bicyclic) bond motifs is 1. The molecule has 3 rings (SSSR count). The molecule has 0 saturated carbocycles. The van der Waals surface area contributed by atoms with Crippen LogP contribution in [0.3, 0.4) is 0 Å². The van der Waals surface area contributed by atoms with Crippen LogP contribution in [-0.4, -0.2) is 71.8 Å². The molecule has 3 atom stereocenters. The summed E-state index contributed by atoms with van der Waals surface area (Å²) < 4.78 is 6.43. The van der Waals surface area contributed by atoms with E-state index in [1.807, 2.05) is 46.9 Å². The molecule has 3 amide bonds. The van der Waals surface area contributed by atoms with Gasteiger partial charge in [0.2, 0.25) is 0 Å². The van der Waals surface area contributed by atoms with Gasteiger partial charge in [0.05, 0.1) is 28.3 Å². The molecule has 1 aliphatic rings. The first kappa shape index (κ1) is 29.0. The number of carbonyl (C=O) groups is 2. The van der Waals surface area contributed by atoms with Crippen molar-refractivity contribution in [2.24, 2.45) is 5.92 Å². The summed E-state index contributed by atoms with van der Waals surface area (Å²) in [6.07, 6.45) is -0.240. The molecule has 0 aliphatic carbocycles. The topological polar surface area (TPSA) is 94.1 Å². The highest BCUT2D eigenvalue weighted by atomic mass is 35.5. The number of urea groups is 1. The van der Waals surface area contributed by atoms with Crippen LogP contribution in [0, 0.1) is 5.92 Å². The van der Waals surface area contributed by atoms with Gasteiger partial charge < -0.3 is 25.4 Å². The van der Waals surface area contributed by atoms with E-state index >= 15 is 0 Å². The first-order chi connectivity index (χ1) is 17.5. The van der Waals surface area contributed by atoms with Crippen LogP contribution < -0.4 is 15.4 Å². The fourth-order valence-corrected chi connectivity index (χ4v) is 4.59. The lowest BCUT2D eigenvalue weighted by Crippen LogP contribution is -2.49. The zero-order valence-electron chi connectivity index (χ0n) is 21.9. The normalized spacial score (nSPS) is 18.6. The zero-order valence-corrected chi connectivity index (χ0v) is 23.4. The lowest BCUT2D eigenvalue weighted by molar-refractivity contribution is 0.0341. The Hall–Kier alpha value is -2.52. The van der Waals surface area contributed by atoms with Gasteiger partial charge in [-0.15, -0.1) is 0 Å². The highest BCUT2D eigenvalue weighted by Gasteiger charge is 2.33. The summed E-state index contributed by atoms with van der Waals surface area (Å²) >= 11 is 12.2. The van der Waals surface area contributed by atoms with E-state index in [4.69, 9.17) is 27.9 Å². The molecule has 1 aliphatic heterocycles. The van der Waals surface area contributed by atoms with E-state index in [1.54, 1.807) is 29.2 Å². The van der Waals surface area contributed by atoms with Crippen molar-refractivity contribution in [3.8, 4) is 5.75 Å². The Labute approximate surface area is 228 Å². The largest absolute Gasteiger partial charge is 0.488 e. The molecule has 0 bridgehead atoms. The number of hydrogen-bond donors (Lipinski definition) is 3. The van der Waals surface area contributed by atoms with Crippen molar-refractivity contribution in [1.29, 1.82) is 0 Å². The summed E-state index contributed by atoms with van der Waals surface area (Å²) in [6, 6.07) is 9.87. The van der Waals surface area contributed by atoms with Crippen LogP contribution in [0.2, 0.25) is 10.0 Å². The molecule has 202 valence electrons. The van der Waals surface area contributed by atoms with E-state index < -0.39 is 0 Å². The van der Waals surface area contributed by atoms with Gasteiger partial charge in [-0.25, -0.2) is 4.79 Å². The van der Waals surface area contributed by atoms with E-state index in [0.29, 0.717) is 46.7 Å². The van der Waals surface area contributed by atoms with Gasteiger partial charge in [0.15, 0.2) is 0 Å². The smallest absolute Gasteiger partial charge is 0.319 e. The molecule has 0 fully saturated rings. The Kier molecular flexibility index (Phi) is 10.1. The summed E-state index contributed by atoms with van der Waals surface area (Å²) in [5, 5.41) is 16.4. The zero-order chi connectivity index (χ0) is 27.3. The fourth-order valence-electron chi connectivity index (χ4n) is 4.27. The van der Waals surface area contributed by atoms with Gasteiger partial charge in [-0.2, -0.15) is 0 Å². The standard InChI is InChI=1S/C27H36Cl2N4O4/c1-16(2)30-27(36)31-20-7-9-24-21(11-20)26(35)33(18(4)15-34)12-17(3)25(37-24)14-32(5)13-19-6-8-22(28)23(29)10-19/h6-11,16-18,25,34H,12-15H2,1-5H3,(H2,30,31,36)/t17-,18-,25+/m1/s1. The molecular formula is C27H36Cl2N4O4. The maximum atomic E-state index is 13.6. The number of nitrogens with one attached hydrogen (secondary N) is 2. The van der Waals surface area contributed by atoms with Gasteiger partial charge in [-0.05, 0) is 63.7 Å². The van der Waals surface area contributed by atoms with Crippen LogP contribution in [0.15, 0.2) is 36.4 Å². The lowest BCUT2D eigenvalue weighted by Gasteiger charge is -2.38. The third-order valence-corrected chi connectivity index (χ3v) is 7.01. The number of halogens is 2. The van der Waals surface area contributed by atoms with Gasteiger partial charge in [0.1, 0.15) is 11.9 Å². The summed E-state index contributed by atoms with van der Waals surface area (Å²) in [7, 11) is 2.00. The second-order valence-electron chi connectivity index (χ2n) is 10.0. The van der Waals surface area contributed by atoms with Crippen molar-refractivity contribution in [2.75, 3.05) is 32.1 Å². The van der Waals surface area contributed by atoms with Crippen molar-refractivity contribution in [1.82, 2.24) is 15.1 Å². The number of rotatable bonds is 8. The van der Waals surface area contributed by atoms with Gasteiger partial charge in [0.25, 0.3) is 5.91 Å². The van der Waals surface area contributed by atoms with Crippen molar-refractivity contribution in [3.05, 3.63) is 57.6 Å². The molecule has 1 heterocycles. The Morgan fingerprint density at radius 2 is 1.92 bits per heavy atom. The lowest BCUT2D eigenvalue weighted by atomic mass is 9.99. The first-order valence-electron chi connectivity index (χ1n) is 12.4. The van der Waals surface area contributed by atoms with E-state index in [9.17, 15) is 14.7 Å². The number of benzene rings is 2. The summed E-state index contributed by atoms with van der Waals surface area (Å²) in [5.41, 5.74) is 1.84. The molecule has 0 aromatic heterocycles. The molecular weight excluding hydrogens is 515 g/mol. The van der Waals surface area contributed by atoms with E-state index in [1.165, 1.54) is 0 Å². The quantitative estimate of drug-likeness (QED) is 0.435. The van der Waals surface area contributed by atoms with E-state index in [2.05, 4.69) is 15.5 Å². The maximum Gasteiger partial charge on any atom is 0.319 e. The number of aliphatic hydroxyl groups excluding tert-OH is 1. The first-order valence-corrected chi connectivity index (χ1v) is 13.2. The minimum atomic E-state index is -0.378. The van der Waals surface area contributed by atoms with Crippen LogP contribution in [0.5, 0.6) is 5.75 Å². The molecule has 8 nitrogen and oxygen atoms in total. The molecule has 0 radical (unpaired) electrons. The summed E-state index contributed by atoms with van der Waals surface area (Å²) in [4.78, 5) is 29.6. The van der Waals surface area contributed by atoms with Crippen LogP contribution in [0.1, 0.15) is 43.6 Å². The number of anilines is 1. The maximum absolute atomic E-state index is 13.6. The van der Waals surface area contributed by atoms with E-state index in [-0.39, 0.29) is 42.7 Å². The van der Waals surface area contributed by atoms with E-state index in [0.717, 1.165) is 5.56 Å². The van der Waals surface area contributed by atoms with Gasteiger partial charge in [-0.1, -0.05) is 36.2 Å². The van der Waals surface area contributed by atoms with Gasteiger partial charge >= 0.3 is 6.03 Å². The molecule has 3 N–H and O–H groups in total. The molecule has 37 heavy (non-hydrogen) atoms. The molecule has 0 spiro atoms. The number of ether oxygens (including phenoxy) is 1. The van der Waals surface area contributed by atoms with Crippen LogP contribution in [0.25, 0.3) is 0 Å². The Balaban J connectivity index is 1.87. The number of hydrogen-bond acceptors (Lipinski definition) is 5. The monoisotopic (exact) mass is 550 g/mol. The fraction of sp³-hybridized carbons (Fsp3) is 0.481. The number of carbonyl (C=O) groups excluding carboxylic acids is 2. The molecule has 2 aromatic rings. The third kappa shape index (κ3) is 7.74. The predicted molar refractivity (Wildman–Crippen MR) is 148 cm³/mol. The third-order valence-electron chi connectivity index (χ3n) is 6.27. The minimum Gasteiger partial charge on any atom is -0.488 e. The van der Waals surface area contributed by atoms with Crippen molar-refractivity contribution in [2.45, 2.75) is 52.4 Å². The average Bonchev–Trinajstić information content (AvgIpc) is 2.83. The Morgan fingerprint density at radius 1 is 1.19 bits per heavy atom. The second kappa shape index (κ2) is 12.8. The number of aliphatic hydroxyl groups is 1. The predicted octanol–water partition coefficient (Wildman–Crippen LogP) is 4.88. The Morgan fingerprint density at radius 3 is 2.57 bits per heavy atom. The van der Waals surface area contributed by atoms with Crippen molar-refractivity contribution in [3.63, 3.8) is 0 Å². The molecule has 0 unspecified atom stereocenters. The Bertz CT molecular complexity index is 1110. The highest BCUT2D eigenvalue weighted by molar-refractivity contribution is 6.42. The van der Waals surface area contributed by atoms with Crippen molar-refractivity contribution >= 4 is 40.8 Å². The van der Waals surface area contributed by atoms with Gasteiger partial charge in [-0.3, -0.25) is 9.69 Å². The van der Waals surface area contributed by atoms with Crippen LogP contribution >= 0.6 is 23.2 Å². The molecule has 10 heteroatoms. The number of nitrogens with zero attached hydrogens (tertiary/aromatic N) is 2. The number of likely N-dealkylation sites (N-methyl/N-ethyl adjacent to an activating group) is 1. The second-order valence-corrected chi connectivity index (χ2v) is 10.8. The average molecular weight is 552 g/mol. The summed E-state index contributed by atoms with van der Waals surface area (Å²) in [5.74, 6) is 0.172. The summed E-state index contributed by atoms with van der Waals surface area (Å²) in [6.45, 7) is 9.07. The van der Waals surface area contributed by atoms with Crippen molar-refractivity contribution < 1.29 is 19.4 Å². The molecule has 0 saturated heterocycles. The highest BCUT2D eigenvalue weighted by Crippen LogP contribution is 2.31. The minimum absolute atomic E-state index is 0.0167. The van der Waals surface area contributed by atoms with Crippen LogP contribution in [-0.2, 0) is 6.54 Å². The van der Waals surface area contributed by atoms with Gasteiger partial charge in [0, 0.05) is 37.3 Å². The molecule has 2 aromatic carbocycles. The SMILES string of the molecule is CC(C)NC(=O)Nc1ccc2c(c1)C(=O)N([C@H](C)CO)C[C@@H](C)[C@H](CN(C)Cc1ccc(Cl)c(Cl)c1)O2.